The Balaban J connectivity index is 1.29. The summed E-state index contributed by atoms with van der Waals surface area (Å²) in [5.74, 6) is -7.96. The molecular formula is C73H106F6IN12O11-. The van der Waals surface area contributed by atoms with Crippen molar-refractivity contribution in [1.29, 1.82) is 0 Å². The van der Waals surface area contributed by atoms with E-state index in [4.69, 9.17) is 0 Å². The van der Waals surface area contributed by atoms with Crippen LogP contribution in [0.5, 0.6) is 0 Å². The van der Waals surface area contributed by atoms with Crippen LogP contribution >= 0.6 is 0 Å². The van der Waals surface area contributed by atoms with Crippen molar-refractivity contribution >= 4 is 65.0 Å². The third-order valence-corrected chi connectivity index (χ3v) is 24.9. The number of aryl methyl sites for hydroxylation is 2. The monoisotopic (exact) mass is 1570 g/mol. The molecule has 0 radical (unpaired) electrons. The molecule has 2 aromatic carbocycles. The van der Waals surface area contributed by atoms with Crippen LogP contribution in [0.2, 0.25) is 0 Å². The molecule has 5 aliphatic rings. The van der Waals surface area contributed by atoms with E-state index in [0.29, 0.717) is 75.6 Å². The molecule has 3 aliphatic heterocycles. The van der Waals surface area contributed by atoms with Gasteiger partial charge in [-0.1, -0.05) is 37.1 Å². The number of nitrogens with one attached hydrogen (secondary N) is 3. The summed E-state index contributed by atoms with van der Waals surface area (Å²) in [6.45, 7) is 8.19. The summed E-state index contributed by atoms with van der Waals surface area (Å²) in [6.07, 6.45) is -3.36. The van der Waals surface area contributed by atoms with Crippen LogP contribution in [-0.2, 0) is 77.9 Å². The van der Waals surface area contributed by atoms with Crippen LogP contribution < -0.4 is 37.2 Å². The second-order valence-corrected chi connectivity index (χ2v) is 33.6. The number of benzene rings is 2. The second-order valence-electron chi connectivity index (χ2n) is 29.2. The number of nitrogens with zero attached hydrogens (tertiary/aromatic N) is 9. The zero-order valence-corrected chi connectivity index (χ0v) is 63.8. The molecule has 8 atom stereocenters. The molecule has 30 heteroatoms. The van der Waals surface area contributed by atoms with Gasteiger partial charge in [0.05, 0.1) is 23.7 Å². The normalized spacial score (nSPS) is 25.6. The summed E-state index contributed by atoms with van der Waals surface area (Å²) in [6, 6.07) is 0.0826. The summed E-state index contributed by atoms with van der Waals surface area (Å²) in [4.78, 5) is 177. The van der Waals surface area contributed by atoms with Gasteiger partial charge in [0.15, 0.2) is 0 Å². The first kappa shape index (κ1) is 83.2. The van der Waals surface area contributed by atoms with E-state index in [-0.39, 0.29) is 67.6 Å². The van der Waals surface area contributed by atoms with Crippen molar-refractivity contribution in [3.8, 4) is 0 Å². The SMILES string of the molecule is CC[C@H](C)[C@@H]1NC(=O)[C@H]([I-]C(C)C)N(C)C(=O)C[C@@H](C(=O)N2CCCC2)N(C)C(=O)[C@H](C2CCCCC2)N(C)C(=O)C2(CCCC2)NC(=O)[C@@H]2CCCN2C(=O)[C@H](CCc2ccc(C(F)(F)F)c(C)c2)NC(=O)CN(C)C(=O)[C@H](Cc2ccc(C(F)(F)F)cc2)N(C)CCN(C)C(=O)CN(C)C1=O. The van der Waals surface area contributed by atoms with Crippen LogP contribution in [0.15, 0.2) is 42.5 Å². The zero-order valence-electron chi connectivity index (χ0n) is 61.7. The predicted octanol–water partition coefficient (Wildman–Crippen LogP) is 2.86. The molecule has 3 saturated heterocycles. The molecule has 2 aromatic rings. The van der Waals surface area contributed by atoms with Gasteiger partial charge >= 0.3 is 363 Å². The number of carbonyl (C=O) groups excluding carboxylic acids is 11. The maximum atomic E-state index is 15.8. The van der Waals surface area contributed by atoms with Crippen molar-refractivity contribution < 1.29 is 100 Å². The molecule has 3 heterocycles. The molecular weight excluding hydrogens is 1460 g/mol. The molecule has 11 amide bonds. The fourth-order valence-electron chi connectivity index (χ4n) is 14.9. The first-order valence-corrected chi connectivity index (χ1v) is 38.6. The first-order valence-electron chi connectivity index (χ1n) is 36.1. The number of hydrogen-bond acceptors (Lipinski definition) is 12. The number of amides is 11. The third-order valence-electron chi connectivity index (χ3n) is 21.3. The second kappa shape index (κ2) is 36.3. The number of rotatable bonds is 11. The molecule has 1 spiro atoms. The summed E-state index contributed by atoms with van der Waals surface area (Å²) in [5.41, 5.74) is -2.78. The van der Waals surface area contributed by atoms with Crippen LogP contribution in [0.25, 0.3) is 0 Å². The van der Waals surface area contributed by atoms with Crippen molar-refractivity contribution in [1.82, 2.24) is 60.0 Å². The van der Waals surface area contributed by atoms with Gasteiger partial charge in [0.2, 0.25) is 23.6 Å². The van der Waals surface area contributed by atoms with Gasteiger partial charge in [-0.3, -0.25) is 19.2 Å². The van der Waals surface area contributed by atoms with Crippen LogP contribution in [0.4, 0.5) is 26.3 Å². The molecule has 3 N–H and O–H groups in total. The van der Waals surface area contributed by atoms with Gasteiger partial charge in [-0.05, 0) is 81.0 Å². The molecule has 0 bridgehead atoms. The summed E-state index contributed by atoms with van der Waals surface area (Å²) < 4.78 is 82.1. The van der Waals surface area contributed by atoms with Gasteiger partial charge < -0.3 is 15.1 Å². The number of fused-ring (bicyclic) bond motifs is 1. The van der Waals surface area contributed by atoms with E-state index in [9.17, 15) is 55.1 Å². The maximum absolute atomic E-state index is 15.8. The summed E-state index contributed by atoms with van der Waals surface area (Å²) in [7, 11) is 10.2. The molecule has 2 saturated carbocycles. The fourth-order valence-corrected chi connectivity index (χ4v) is 17.5. The Hall–Kier alpha value is -7.12. The summed E-state index contributed by atoms with van der Waals surface area (Å²) >= 11 is -1.21. The van der Waals surface area contributed by atoms with E-state index >= 15 is 24.0 Å². The minimum absolute atomic E-state index is 0.0154. The molecule has 2 aliphatic carbocycles. The van der Waals surface area contributed by atoms with E-state index in [2.05, 4.69) is 16.0 Å². The topological polar surface area (TPSA) is 253 Å². The standard InChI is InChI=1S/C73H106F6IN12O11/c1-13-46(4)60-68(101)87(9)44-59(95)85(7)39-38-84(6)55(41-49-25-29-51(30-26-49)72(74,75)76)66(99)86(8)43-57(93)81-53(32-28-48-27-31-52(47(5)40-48)73(77,78)79)65(98)92-37-21-24-54(92)63(96)83-71(33-17-18-34-71)70(103)90(12)61(50-22-15-14-16-23-50)69(102)88(10)56(67(100)91-35-19-20-36-91)42-58(94)89(11)62(64(97)82-60)80-45(2)3/h25-27,29-31,40,45-46,50,53-56,60-62H,13-24,28,32-39,41-44H2,1-12H3,(H,81,93)(H,82,97)(H,83,96)/q-1/t46-,53-,54-,55-,56-,60-,61-,62+/m0/s1. The van der Waals surface area contributed by atoms with Gasteiger partial charge in [-0.15, -0.1) is 0 Å². The average molecular weight is 1570 g/mol. The molecule has 0 aromatic heterocycles. The first-order chi connectivity index (χ1) is 48.4. The Labute approximate surface area is 611 Å². The number of likely N-dealkylation sites (N-methyl/N-ethyl adjacent to an activating group) is 7. The van der Waals surface area contributed by atoms with Gasteiger partial charge in [0.1, 0.15) is 12.1 Å². The van der Waals surface area contributed by atoms with Gasteiger partial charge in [0.25, 0.3) is 0 Å². The number of carbonyl (C=O) groups is 11. The van der Waals surface area contributed by atoms with E-state index in [1.54, 1.807) is 23.8 Å². The molecule has 0 unspecified atom stereocenters. The quantitative estimate of drug-likeness (QED) is 0.127. The number of hydrogen-bond donors (Lipinski definition) is 3. The fraction of sp³-hybridized carbons (Fsp3) is 0.685. The zero-order chi connectivity index (χ0) is 76.2. The Bertz CT molecular complexity index is 3360. The van der Waals surface area contributed by atoms with E-state index < -0.39 is 187 Å². The van der Waals surface area contributed by atoms with Crippen molar-refractivity contribution in [2.24, 2.45) is 11.8 Å². The molecule has 103 heavy (non-hydrogen) atoms. The van der Waals surface area contributed by atoms with Gasteiger partial charge in [-0.25, -0.2) is 0 Å². The van der Waals surface area contributed by atoms with Crippen molar-refractivity contribution in [2.75, 3.05) is 95.1 Å². The average Bonchev–Trinajstić information content (AvgIpc) is 1.76. The number of halogens is 7. The van der Waals surface area contributed by atoms with Gasteiger partial charge in [-0.2, -0.15) is 26.3 Å². The molecule has 574 valence electrons. The van der Waals surface area contributed by atoms with E-state index in [1.165, 1.54) is 103 Å². The molecule has 23 nitrogen and oxygen atoms in total. The minimum atomic E-state index is -4.67. The van der Waals surface area contributed by atoms with Crippen LogP contribution in [0.3, 0.4) is 0 Å². The van der Waals surface area contributed by atoms with Crippen molar-refractivity contribution in [3.05, 3.63) is 70.3 Å². The van der Waals surface area contributed by atoms with Crippen molar-refractivity contribution in [2.45, 2.75) is 212 Å². The predicted molar refractivity (Wildman–Crippen MR) is 368 cm³/mol. The van der Waals surface area contributed by atoms with E-state index in [1.807, 2.05) is 20.8 Å². The third kappa shape index (κ3) is 21.1. The Morgan fingerprint density at radius 3 is 1.83 bits per heavy atom. The van der Waals surface area contributed by atoms with E-state index in [0.717, 1.165) is 42.4 Å². The number of alkyl halides is 8. The van der Waals surface area contributed by atoms with Crippen LogP contribution in [-0.4, -0.2) is 254 Å². The van der Waals surface area contributed by atoms with Crippen LogP contribution in [0.1, 0.15) is 158 Å². The Kier molecular flexibility index (Phi) is 29.3. The number of likely N-dealkylation sites (tertiary alicyclic amines) is 1. The molecule has 5 fully saturated rings. The summed E-state index contributed by atoms with van der Waals surface area (Å²) in [5, 5.41) is 8.74. The van der Waals surface area contributed by atoms with Crippen molar-refractivity contribution in [3.63, 3.8) is 0 Å². The Morgan fingerprint density at radius 1 is 0.621 bits per heavy atom. The Morgan fingerprint density at radius 2 is 1.24 bits per heavy atom. The van der Waals surface area contributed by atoms with Gasteiger partial charge in [0, 0.05) is 13.6 Å². The van der Waals surface area contributed by atoms with Crippen LogP contribution in [0, 0.1) is 18.8 Å². The molecule has 7 rings (SSSR count).